The average Bonchev–Trinajstić information content (AvgIpc) is 3.53. The lowest BCUT2D eigenvalue weighted by atomic mass is 9.86. The molecule has 2 aliphatic carbocycles. The van der Waals surface area contributed by atoms with Gasteiger partial charge in [-0.05, 0) is 74.6 Å². The lowest BCUT2D eigenvalue weighted by Crippen LogP contribution is -2.20. The van der Waals surface area contributed by atoms with Crippen molar-refractivity contribution in [1.82, 2.24) is 4.57 Å². The molecule has 5 rings (SSSR count). The maximum atomic E-state index is 12.8. The zero-order valence-electron chi connectivity index (χ0n) is 18.2. The van der Waals surface area contributed by atoms with E-state index in [1.165, 1.54) is 19.3 Å². The highest BCUT2D eigenvalue weighted by Gasteiger charge is 2.40. The van der Waals surface area contributed by atoms with Gasteiger partial charge in [-0.25, -0.2) is 0 Å². The van der Waals surface area contributed by atoms with E-state index < -0.39 is 0 Å². The maximum Gasteiger partial charge on any atom is 0.306 e. The molecule has 0 saturated heterocycles. The molecule has 164 valence electrons. The number of carbonyl (C=O) groups is 2. The zero-order valence-corrected chi connectivity index (χ0v) is 18.2. The second kappa shape index (κ2) is 8.06. The second-order valence-corrected chi connectivity index (χ2v) is 9.28. The molecule has 2 aromatic rings. The fraction of sp³-hybridized carbons (Fsp3) is 0.520. The highest BCUT2D eigenvalue weighted by molar-refractivity contribution is 5.99. The number of benzene rings is 1. The van der Waals surface area contributed by atoms with Crippen molar-refractivity contribution in [2.24, 2.45) is 17.8 Å². The summed E-state index contributed by atoms with van der Waals surface area (Å²) in [5.41, 5.74) is 3.56. The summed E-state index contributed by atoms with van der Waals surface area (Å²) >= 11 is 0. The monoisotopic (exact) mass is 423 g/mol. The van der Waals surface area contributed by atoms with Crippen LogP contribution in [0.4, 0.5) is 0 Å². The third-order valence-corrected chi connectivity index (χ3v) is 7.33. The molecule has 1 aromatic heterocycles. The van der Waals surface area contributed by atoms with Crippen LogP contribution >= 0.6 is 0 Å². The Hall–Kier alpha value is -2.76. The third-order valence-electron chi connectivity index (χ3n) is 7.33. The van der Waals surface area contributed by atoms with Crippen molar-refractivity contribution in [3.8, 4) is 11.5 Å². The molecule has 2 fully saturated rings. The Kier molecular flexibility index (Phi) is 5.24. The number of aryl methyl sites for hydroxylation is 1. The van der Waals surface area contributed by atoms with Crippen LogP contribution in [-0.2, 0) is 16.1 Å². The van der Waals surface area contributed by atoms with E-state index in [1.54, 1.807) is 0 Å². The van der Waals surface area contributed by atoms with Crippen LogP contribution in [0.5, 0.6) is 11.5 Å². The Labute approximate surface area is 182 Å². The fourth-order valence-corrected chi connectivity index (χ4v) is 5.67. The number of ketones is 1. The van der Waals surface area contributed by atoms with Crippen LogP contribution in [0.25, 0.3) is 0 Å². The molecule has 0 unspecified atom stereocenters. The van der Waals surface area contributed by atoms with Crippen LogP contribution in [0.15, 0.2) is 24.3 Å². The van der Waals surface area contributed by atoms with Gasteiger partial charge in [-0.1, -0.05) is 12.5 Å². The van der Waals surface area contributed by atoms with Gasteiger partial charge < -0.3 is 18.8 Å². The van der Waals surface area contributed by atoms with Crippen LogP contribution in [0.2, 0.25) is 0 Å². The number of fused-ring (bicyclic) bond motifs is 3. The van der Waals surface area contributed by atoms with E-state index in [1.807, 2.05) is 38.1 Å². The summed E-state index contributed by atoms with van der Waals surface area (Å²) in [6, 6.07) is 7.77. The van der Waals surface area contributed by atoms with Gasteiger partial charge in [0.15, 0.2) is 18.1 Å². The van der Waals surface area contributed by atoms with Crippen molar-refractivity contribution in [3.05, 3.63) is 46.8 Å². The summed E-state index contributed by atoms with van der Waals surface area (Å²) in [5, 5.41) is 0. The van der Waals surface area contributed by atoms with Gasteiger partial charge in [0.2, 0.25) is 12.6 Å². The first-order valence-electron chi connectivity index (χ1n) is 11.2. The number of esters is 1. The fourth-order valence-electron chi connectivity index (χ4n) is 5.67. The van der Waals surface area contributed by atoms with Crippen molar-refractivity contribution in [2.45, 2.75) is 52.5 Å². The lowest BCUT2D eigenvalue weighted by molar-refractivity contribution is -0.144. The molecular weight excluding hydrogens is 394 g/mol. The number of nitrogens with zero attached hydrogens (tertiary/aromatic N) is 1. The van der Waals surface area contributed by atoms with E-state index in [2.05, 4.69) is 4.57 Å². The standard InChI is InChI=1S/C25H29NO5/c1-15-7-21(16(2)26(15)12-18-4-6-23-24(10-18)31-14-30-23)22(27)13-29-25(28)11-20-9-17-3-5-19(20)8-17/h4,6-7,10,17,19-20H,3,5,8-9,11-14H2,1-2H3/t17-,19+,20+/m0/s1. The molecule has 2 heterocycles. The Bertz CT molecular complexity index is 1020. The second-order valence-electron chi connectivity index (χ2n) is 9.28. The van der Waals surface area contributed by atoms with Crippen molar-refractivity contribution in [3.63, 3.8) is 0 Å². The molecule has 1 aromatic carbocycles. The lowest BCUT2D eigenvalue weighted by Gasteiger charge is -2.20. The molecule has 0 amide bonds. The quantitative estimate of drug-likeness (QED) is 0.487. The van der Waals surface area contributed by atoms with Gasteiger partial charge in [0.05, 0.1) is 0 Å². The summed E-state index contributed by atoms with van der Waals surface area (Å²) in [4.78, 5) is 25.1. The van der Waals surface area contributed by atoms with E-state index in [-0.39, 0.29) is 25.2 Å². The maximum absolute atomic E-state index is 12.8. The summed E-state index contributed by atoms with van der Waals surface area (Å²) in [5.74, 6) is 3.06. The van der Waals surface area contributed by atoms with E-state index >= 15 is 0 Å². The smallest absolute Gasteiger partial charge is 0.306 e. The van der Waals surface area contributed by atoms with Gasteiger partial charge in [-0.3, -0.25) is 9.59 Å². The van der Waals surface area contributed by atoms with Gasteiger partial charge in [0.1, 0.15) is 0 Å². The molecule has 1 aliphatic heterocycles. The van der Waals surface area contributed by atoms with E-state index in [0.717, 1.165) is 40.8 Å². The number of aromatic nitrogens is 1. The molecule has 0 spiro atoms. The van der Waals surface area contributed by atoms with Crippen LogP contribution < -0.4 is 9.47 Å². The molecule has 2 bridgehead atoms. The van der Waals surface area contributed by atoms with Crippen molar-refractivity contribution in [1.29, 1.82) is 0 Å². The van der Waals surface area contributed by atoms with Crippen LogP contribution in [-0.4, -0.2) is 29.7 Å². The number of hydrogen-bond acceptors (Lipinski definition) is 5. The van der Waals surface area contributed by atoms with Crippen molar-refractivity contribution in [2.75, 3.05) is 13.4 Å². The Morgan fingerprint density at radius 1 is 1.10 bits per heavy atom. The molecule has 0 N–H and O–H groups in total. The zero-order chi connectivity index (χ0) is 21.5. The molecule has 6 heteroatoms. The average molecular weight is 424 g/mol. The van der Waals surface area contributed by atoms with Crippen molar-refractivity contribution < 1.29 is 23.8 Å². The number of hydrogen-bond donors (Lipinski definition) is 0. The molecular formula is C25H29NO5. The Morgan fingerprint density at radius 2 is 1.94 bits per heavy atom. The summed E-state index contributed by atoms with van der Waals surface area (Å²) < 4.78 is 18.3. The molecule has 6 nitrogen and oxygen atoms in total. The number of Topliss-reactive ketones (excluding diaryl/α,β-unsaturated/α-hetero) is 1. The van der Waals surface area contributed by atoms with E-state index in [9.17, 15) is 9.59 Å². The number of rotatable bonds is 7. The normalized spacial score (nSPS) is 23.4. The minimum absolute atomic E-state index is 0.147. The van der Waals surface area contributed by atoms with Gasteiger partial charge >= 0.3 is 5.97 Å². The summed E-state index contributed by atoms with van der Waals surface area (Å²) in [7, 11) is 0. The SMILES string of the molecule is Cc1cc(C(=O)COC(=O)C[C@H]2C[C@H]3CC[C@@H]2C3)c(C)n1Cc1ccc2c(c1)OCO2. The summed E-state index contributed by atoms with van der Waals surface area (Å²) in [6.45, 7) is 4.61. The minimum atomic E-state index is -0.236. The van der Waals surface area contributed by atoms with Gasteiger partial charge in [-0.15, -0.1) is 0 Å². The minimum Gasteiger partial charge on any atom is -0.457 e. The first kappa shape index (κ1) is 20.2. The first-order chi connectivity index (χ1) is 15.0. The van der Waals surface area contributed by atoms with Crippen LogP contribution in [0.1, 0.15) is 59.4 Å². The van der Waals surface area contributed by atoms with E-state index in [0.29, 0.717) is 30.4 Å². The van der Waals surface area contributed by atoms with Gasteiger partial charge in [0.25, 0.3) is 0 Å². The summed E-state index contributed by atoms with van der Waals surface area (Å²) in [6.07, 6.45) is 5.44. The molecule has 3 atom stereocenters. The Balaban J connectivity index is 1.20. The number of carbonyl (C=O) groups excluding carboxylic acids is 2. The van der Waals surface area contributed by atoms with E-state index in [4.69, 9.17) is 14.2 Å². The highest BCUT2D eigenvalue weighted by atomic mass is 16.7. The molecule has 3 aliphatic rings. The predicted molar refractivity (Wildman–Crippen MR) is 114 cm³/mol. The largest absolute Gasteiger partial charge is 0.457 e. The van der Waals surface area contributed by atoms with Crippen molar-refractivity contribution >= 4 is 11.8 Å². The first-order valence-corrected chi connectivity index (χ1v) is 11.2. The van der Waals surface area contributed by atoms with Gasteiger partial charge in [-0.2, -0.15) is 0 Å². The molecule has 31 heavy (non-hydrogen) atoms. The molecule has 2 saturated carbocycles. The predicted octanol–water partition coefficient (Wildman–Crippen LogP) is 4.43. The highest BCUT2D eigenvalue weighted by Crippen LogP contribution is 2.49. The van der Waals surface area contributed by atoms with Crippen LogP contribution in [0, 0.1) is 31.6 Å². The topological polar surface area (TPSA) is 66.8 Å². The van der Waals surface area contributed by atoms with Gasteiger partial charge in [0, 0.05) is 29.9 Å². The molecule has 0 radical (unpaired) electrons. The Morgan fingerprint density at radius 3 is 2.71 bits per heavy atom. The third kappa shape index (κ3) is 3.95. The number of ether oxygens (including phenoxy) is 3. The van der Waals surface area contributed by atoms with Crippen LogP contribution in [0.3, 0.4) is 0 Å².